The van der Waals surface area contributed by atoms with Crippen LogP contribution in [-0.2, 0) is 16.4 Å². The lowest BCUT2D eigenvalue weighted by Crippen LogP contribution is -2.15. The van der Waals surface area contributed by atoms with Gasteiger partial charge in [0.1, 0.15) is 5.69 Å². The highest BCUT2D eigenvalue weighted by Crippen LogP contribution is 2.19. The monoisotopic (exact) mass is 355 g/mol. The maximum atomic E-state index is 12.7. The van der Waals surface area contributed by atoms with E-state index in [1.807, 2.05) is 13.0 Å². The molecule has 0 atom stereocenters. The first kappa shape index (κ1) is 17.0. The van der Waals surface area contributed by atoms with E-state index in [9.17, 15) is 13.2 Å². The molecule has 0 amide bonds. The molecule has 0 aliphatic rings. The lowest BCUT2D eigenvalue weighted by molar-refractivity contribution is 0.0988. The van der Waals surface area contributed by atoms with E-state index in [-0.39, 0.29) is 17.1 Å². The lowest BCUT2D eigenvalue weighted by Gasteiger charge is -2.08. The third kappa shape index (κ3) is 3.51. The van der Waals surface area contributed by atoms with E-state index in [0.29, 0.717) is 16.8 Å². The van der Waals surface area contributed by atoms with E-state index >= 15 is 0 Å². The fourth-order valence-corrected chi connectivity index (χ4v) is 3.91. The van der Waals surface area contributed by atoms with Gasteiger partial charge in [-0.2, -0.15) is 17.6 Å². The van der Waals surface area contributed by atoms with E-state index < -0.39 is 10.0 Å². The predicted molar refractivity (Wildman–Crippen MR) is 93.0 cm³/mol. The number of carbonyl (C=O) groups is 1. The summed E-state index contributed by atoms with van der Waals surface area (Å²) in [5, 5.41) is 3.93. The molecule has 6 nitrogen and oxygen atoms in total. The number of hydrogen-bond acceptors (Lipinski definition) is 5. The van der Waals surface area contributed by atoms with Gasteiger partial charge in [0.25, 0.3) is 10.0 Å². The van der Waals surface area contributed by atoms with Gasteiger partial charge in [-0.25, -0.2) is 0 Å². The van der Waals surface area contributed by atoms with E-state index in [1.54, 1.807) is 43.5 Å². The van der Waals surface area contributed by atoms with Crippen LogP contribution in [0.1, 0.15) is 27.2 Å². The highest BCUT2D eigenvalue weighted by molar-refractivity contribution is 7.89. The first-order valence-corrected chi connectivity index (χ1v) is 9.12. The molecule has 128 valence electrons. The van der Waals surface area contributed by atoms with Crippen molar-refractivity contribution in [2.75, 3.05) is 0 Å². The van der Waals surface area contributed by atoms with Crippen molar-refractivity contribution in [3.05, 3.63) is 77.4 Å². The fraction of sp³-hybridized carbons (Fsp3) is 0.167. The summed E-state index contributed by atoms with van der Waals surface area (Å²) < 4.78 is 26.4. The minimum Gasteiger partial charge on any atom is -0.292 e. The standard InChI is InChI=1S/C18H17N3O3S/c1-13-6-7-18(14(2)9-13)25(23,24)21-12-15(11-20-21)10-17(22)16-5-3-4-8-19-16/h3-9,11-12H,10H2,1-2H3. The van der Waals surface area contributed by atoms with Crippen molar-refractivity contribution < 1.29 is 13.2 Å². The van der Waals surface area contributed by atoms with Crippen molar-refractivity contribution in [3.63, 3.8) is 0 Å². The van der Waals surface area contributed by atoms with Crippen LogP contribution in [0.15, 0.2) is 59.9 Å². The summed E-state index contributed by atoms with van der Waals surface area (Å²) in [4.78, 5) is 16.4. The average Bonchev–Trinajstić information content (AvgIpc) is 3.04. The SMILES string of the molecule is Cc1ccc(S(=O)(=O)n2cc(CC(=O)c3ccccn3)cn2)c(C)c1. The number of benzene rings is 1. The Balaban J connectivity index is 1.87. The molecule has 0 spiro atoms. The molecule has 7 heteroatoms. The van der Waals surface area contributed by atoms with Gasteiger partial charge in [-0.15, -0.1) is 0 Å². The predicted octanol–water partition coefficient (Wildman–Crippen LogP) is 2.56. The second-order valence-corrected chi connectivity index (χ2v) is 7.57. The second kappa shape index (κ2) is 6.60. The van der Waals surface area contributed by atoms with E-state index in [1.165, 1.54) is 12.4 Å². The van der Waals surface area contributed by atoms with Crippen LogP contribution in [0.3, 0.4) is 0 Å². The molecule has 0 radical (unpaired) electrons. The number of nitrogens with zero attached hydrogens (tertiary/aromatic N) is 3. The molecular weight excluding hydrogens is 338 g/mol. The Morgan fingerprint density at radius 1 is 1.16 bits per heavy atom. The molecule has 0 fully saturated rings. The van der Waals surface area contributed by atoms with Crippen LogP contribution >= 0.6 is 0 Å². The van der Waals surface area contributed by atoms with Crippen molar-refractivity contribution in [2.24, 2.45) is 0 Å². The zero-order valence-electron chi connectivity index (χ0n) is 13.9. The van der Waals surface area contributed by atoms with Crippen LogP contribution in [0.4, 0.5) is 0 Å². The third-order valence-electron chi connectivity index (χ3n) is 3.78. The molecule has 3 rings (SSSR count). The Hall–Kier alpha value is -2.80. The molecule has 0 N–H and O–H groups in total. The van der Waals surface area contributed by atoms with E-state index in [0.717, 1.165) is 9.65 Å². The Morgan fingerprint density at radius 3 is 2.64 bits per heavy atom. The van der Waals surface area contributed by atoms with E-state index in [4.69, 9.17) is 0 Å². The number of Topliss-reactive ketones (excluding diaryl/α,β-unsaturated/α-hetero) is 1. The van der Waals surface area contributed by atoms with Gasteiger partial charge in [-0.3, -0.25) is 9.78 Å². The summed E-state index contributed by atoms with van der Waals surface area (Å²) in [6.45, 7) is 3.65. The van der Waals surface area contributed by atoms with Gasteiger partial charge >= 0.3 is 0 Å². The third-order valence-corrected chi connectivity index (χ3v) is 5.49. The molecule has 0 saturated carbocycles. The first-order chi connectivity index (χ1) is 11.9. The zero-order valence-corrected chi connectivity index (χ0v) is 14.7. The molecule has 0 aliphatic heterocycles. The van der Waals surface area contributed by atoms with Gasteiger partial charge in [0.2, 0.25) is 0 Å². The van der Waals surface area contributed by atoms with Gasteiger partial charge in [0, 0.05) is 18.8 Å². The van der Waals surface area contributed by atoms with Crippen LogP contribution in [0.2, 0.25) is 0 Å². The van der Waals surface area contributed by atoms with Gasteiger partial charge in [-0.05, 0) is 43.2 Å². The Kier molecular flexibility index (Phi) is 4.50. The van der Waals surface area contributed by atoms with Gasteiger partial charge in [0.05, 0.1) is 11.1 Å². The molecule has 0 bridgehead atoms. The molecule has 0 unspecified atom stereocenters. The van der Waals surface area contributed by atoms with Gasteiger partial charge in [0.15, 0.2) is 5.78 Å². The largest absolute Gasteiger partial charge is 0.292 e. The topological polar surface area (TPSA) is 81.9 Å². The first-order valence-electron chi connectivity index (χ1n) is 7.68. The Labute approximate surface area is 146 Å². The number of carbonyl (C=O) groups excluding carboxylic acids is 1. The van der Waals surface area contributed by atoms with Crippen molar-refractivity contribution in [1.29, 1.82) is 0 Å². The quantitative estimate of drug-likeness (QED) is 0.657. The fourth-order valence-electron chi connectivity index (χ4n) is 2.56. The lowest BCUT2D eigenvalue weighted by atomic mass is 10.1. The molecule has 3 aromatic rings. The Morgan fingerprint density at radius 2 is 1.96 bits per heavy atom. The molecule has 0 aliphatic carbocycles. The van der Waals surface area contributed by atoms with Crippen LogP contribution in [0.25, 0.3) is 0 Å². The number of ketones is 1. The molecule has 2 heterocycles. The van der Waals surface area contributed by atoms with Crippen LogP contribution < -0.4 is 0 Å². The smallest absolute Gasteiger partial charge is 0.283 e. The molecule has 1 aromatic carbocycles. The highest BCUT2D eigenvalue weighted by atomic mass is 32.2. The van der Waals surface area contributed by atoms with E-state index in [2.05, 4.69) is 10.1 Å². The summed E-state index contributed by atoms with van der Waals surface area (Å²) >= 11 is 0. The normalized spacial score (nSPS) is 11.4. The van der Waals surface area contributed by atoms with Gasteiger partial charge in [-0.1, -0.05) is 23.8 Å². The van der Waals surface area contributed by atoms with Gasteiger partial charge < -0.3 is 0 Å². The maximum absolute atomic E-state index is 12.7. The Bertz CT molecular complexity index is 1020. The van der Waals surface area contributed by atoms with Crippen molar-refractivity contribution in [3.8, 4) is 0 Å². The number of pyridine rings is 1. The number of aryl methyl sites for hydroxylation is 2. The number of aromatic nitrogens is 3. The summed E-state index contributed by atoms with van der Waals surface area (Å²) in [6, 6.07) is 10.2. The van der Waals surface area contributed by atoms with Crippen molar-refractivity contribution in [1.82, 2.24) is 14.2 Å². The highest BCUT2D eigenvalue weighted by Gasteiger charge is 2.21. The minimum absolute atomic E-state index is 0.0411. The van der Waals surface area contributed by atoms with Crippen LogP contribution in [0, 0.1) is 13.8 Å². The summed E-state index contributed by atoms with van der Waals surface area (Å²) in [6.07, 6.45) is 4.35. The maximum Gasteiger partial charge on any atom is 0.283 e. The van der Waals surface area contributed by atoms with Crippen LogP contribution in [0.5, 0.6) is 0 Å². The summed E-state index contributed by atoms with van der Waals surface area (Å²) in [5.74, 6) is -0.191. The number of rotatable bonds is 5. The number of hydrogen-bond donors (Lipinski definition) is 0. The zero-order chi connectivity index (χ0) is 18.0. The average molecular weight is 355 g/mol. The molecule has 25 heavy (non-hydrogen) atoms. The van der Waals surface area contributed by atoms with Crippen molar-refractivity contribution in [2.45, 2.75) is 25.2 Å². The molecule has 2 aromatic heterocycles. The minimum atomic E-state index is -3.79. The van der Waals surface area contributed by atoms with Crippen LogP contribution in [-0.4, -0.2) is 28.4 Å². The molecular formula is C18H17N3O3S. The summed E-state index contributed by atoms with van der Waals surface area (Å²) in [5.41, 5.74) is 2.50. The summed E-state index contributed by atoms with van der Waals surface area (Å²) in [7, 11) is -3.79. The van der Waals surface area contributed by atoms with Crippen molar-refractivity contribution >= 4 is 15.8 Å². The molecule has 0 saturated heterocycles. The second-order valence-electron chi connectivity index (χ2n) is 5.81.